The van der Waals surface area contributed by atoms with Gasteiger partial charge in [-0.05, 0) is 42.5 Å². The third-order valence-electron chi connectivity index (χ3n) is 6.21. The largest absolute Gasteiger partial charge is 0.493 e. The van der Waals surface area contributed by atoms with Crippen LogP contribution in [-0.4, -0.2) is 25.9 Å². The monoisotopic (exact) mass is 419 g/mol. The molecule has 162 valence electrons. The lowest BCUT2D eigenvalue weighted by molar-refractivity contribution is -0.121. The highest BCUT2D eigenvalue weighted by atomic mass is 16.5. The quantitative estimate of drug-likeness (QED) is 0.686. The van der Waals surface area contributed by atoms with Gasteiger partial charge in [-0.25, -0.2) is 0 Å². The summed E-state index contributed by atoms with van der Waals surface area (Å²) in [6.07, 6.45) is 1.34. The first-order valence-electron chi connectivity index (χ1n) is 10.6. The minimum atomic E-state index is -0.350. The van der Waals surface area contributed by atoms with Crippen LogP contribution >= 0.6 is 0 Å². The van der Waals surface area contributed by atoms with Gasteiger partial charge in [0.25, 0.3) is 0 Å². The summed E-state index contributed by atoms with van der Waals surface area (Å²) < 4.78 is 11.1. The number of nitrogens with zero attached hydrogens (tertiary/aromatic N) is 1. The van der Waals surface area contributed by atoms with Gasteiger partial charge in [-0.1, -0.05) is 38.1 Å². The summed E-state index contributed by atoms with van der Waals surface area (Å²) in [5.74, 6) is 0.920. The average molecular weight is 420 g/mol. The van der Waals surface area contributed by atoms with Gasteiger partial charge in [-0.3, -0.25) is 14.5 Å². The van der Waals surface area contributed by atoms with Crippen LogP contribution in [0.2, 0.25) is 0 Å². The first-order valence-corrected chi connectivity index (χ1v) is 10.6. The summed E-state index contributed by atoms with van der Waals surface area (Å²) in [7, 11) is 3.18. The standard InChI is InChI=1S/C26H29NO4/c1-16-8-6-9-17(12-16)27-20-14-26(2,3)15-21(28)24(20)19(13-23(27)29)18-10-7-11-22(30-4)25(18)31-5/h6-12,19H,13-15H2,1-5H3. The Hall–Kier alpha value is -3.08. The lowest BCUT2D eigenvalue weighted by atomic mass is 9.69. The van der Waals surface area contributed by atoms with Gasteiger partial charge in [0.2, 0.25) is 5.91 Å². The maximum absolute atomic E-state index is 13.5. The Morgan fingerprint density at radius 1 is 1.00 bits per heavy atom. The lowest BCUT2D eigenvalue weighted by Crippen LogP contribution is -2.43. The first kappa shape index (κ1) is 21.2. The molecule has 2 aromatic rings. The number of hydrogen-bond acceptors (Lipinski definition) is 4. The fraction of sp³-hybridized carbons (Fsp3) is 0.385. The van der Waals surface area contributed by atoms with Crippen LogP contribution in [0.4, 0.5) is 5.69 Å². The number of amides is 1. The molecule has 0 N–H and O–H groups in total. The molecule has 0 aromatic heterocycles. The van der Waals surface area contributed by atoms with Crippen molar-refractivity contribution in [3.05, 3.63) is 64.9 Å². The zero-order valence-electron chi connectivity index (χ0n) is 18.8. The zero-order chi connectivity index (χ0) is 22.3. The summed E-state index contributed by atoms with van der Waals surface area (Å²) in [6, 6.07) is 13.5. The van der Waals surface area contributed by atoms with Crippen LogP contribution in [0.25, 0.3) is 0 Å². The number of anilines is 1. The smallest absolute Gasteiger partial charge is 0.232 e. The molecule has 1 aliphatic heterocycles. The predicted octanol–water partition coefficient (Wildman–Crippen LogP) is 5.18. The molecule has 0 bridgehead atoms. The number of methoxy groups -OCH3 is 2. The summed E-state index contributed by atoms with van der Waals surface area (Å²) in [5.41, 5.74) is 4.05. The van der Waals surface area contributed by atoms with Gasteiger partial charge in [-0.15, -0.1) is 0 Å². The third-order valence-corrected chi connectivity index (χ3v) is 6.21. The van der Waals surface area contributed by atoms with E-state index in [0.717, 1.165) is 28.1 Å². The van der Waals surface area contributed by atoms with E-state index in [-0.39, 0.29) is 29.4 Å². The SMILES string of the molecule is COc1cccc(C2CC(=O)N(c3cccc(C)c3)C3=C2C(=O)CC(C)(C)C3)c1OC. The van der Waals surface area contributed by atoms with Crippen LogP contribution in [0.5, 0.6) is 11.5 Å². The van der Waals surface area contributed by atoms with Crippen LogP contribution in [0, 0.1) is 12.3 Å². The van der Waals surface area contributed by atoms with E-state index in [1.54, 1.807) is 19.1 Å². The van der Waals surface area contributed by atoms with Gasteiger partial charge in [0.15, 0.2) is 17.3 Å². The van der Waals surface area contributed by atoms with Crippen molar-refractivity contribution in [2.75, 3.05) is 19.1 Å². The Morgan fingerprint density at radius 2 is 1.74 bits per heavy atom. The fourth-order valence-electron chi connectivity index (χ4n) is 4.93. The molecule has 1 heterocycles. The van der Waals surface area contributed by atoms with Crippen LogP contribution in [0.1, 0.15) is 50.2 Å². The molecule has 5 nitrogen and oxygen atoms in total. The molecular weight excluding hydrogens is 390 g/mol. The minimum absolute atomic E-state index is 0.00952. The summed E-state index contributed by atoms with van der Waals surface area (Å²) in [5, 5.41) is 0. The first-order chi connectivity index (χ1) is 14.8. The maximum Gasteiger partial charge on any atom is 0.232 e. The Kier molecular flexibility index (Phi) is 5.38. The van der Waals surface area contributed by atoms with Gasteiger partial charge in [0.1, 0.15) is 0 Å². The lowest BCUT2D eigenvalue weighted by Gasteiger charge is -2.43. The molecule has 31 heavy (non-hydrogen) atoms. The highest BCUT2D eigenvalue weighted by Gasteiger charge is 2.45. The molecule has 0 radical (unpaired) electrons. The van der Waals surface area contributed by atoms with E-state index in [0.29, 0.717) is 24.3 Å². The Labute approximate surface area is 183 Å². The number of carbonyl (C=O) groups is 2. The van der Waals surface area contributed by atoms with Crippen molar-refractivity contribution in [2.45, 2.75) is 46.0 Å². The zero-order valence-corrected chi connectivity index (χ0v) is 18.8. The number of allylic oxidation sites excluding steroid dienone is 2. The van der Waals surface area contributed by atoms with E-state index in [9.17, 15) is 9.59 Å². The van der Waals surface area contributed by atoms with Crippen LogP contribution in [0.3, 0.4) is 0 Å². The minimum Gasteiger partial charge on any atom is -0.493 e. The van der Waals surface area contributed by atoms with E-state index < -0.39 is 0 Å². The number of rotatable bonds is 4. The molecule has 0 spiro atoms. The molecule has 2 aliphatic rings. The summed E-state index contributed by atoms with van der Waals surface area (Å²) >= 11 is 0. The molecule has 0 saturated heterocycles. The van der Waals surface area contributed by atoms with Crippen LogP contribution < -0.4 is 14.4 Å². The van der Waals surface area contributed by atoms with Crippen molar-refractivity contribution in [1.29, 1.82) is 0 Å². The molecule has 1 aliphatic carbocycles. The number of hydrogen-bond donors (Lipinski definition) is 0. The topological polar surface area (TPSA) is 55.8 Å². The number of ether oxygens (including phenoxy) is 2. The van der Waals surface area contributed by atoms with E-state index in [4.69, 9.17) is 9.47 Å². The van der Waals surface area contributed by atoms with E-state index in [1.165, 1.54) is 0 Å². The van der Waals surface area contributed by atoms with Crippen molar-refractivity contribution in [3.8, 4) is 11.5 Å². The molecule has 1 amide bonds. The number of ketones is 1. The van der Waals surface area contributed by atoms with Gasteiger partial charge in [-0.2, -0.15) is 0 Å². The number of aryl methyl sites for hydroxylation is 1. The molecular formula is C26H29NO4. The summed E-state index contributed by atoms with van der Waals surface area (Å²) in [4.78, 5) is 28.8. The van der Waals surface area contributed by atoms with Gasteiger partial charge < -0.3 is 9.47 Å². The molecule has 0 saturated carbocycles. The van der Waals surface area contributed by atoms with Crippen molar-refractivity contribution in [1.82, 2.24) is 0 Å². The highest BCUT2D eigenvalue weighted by Crippen LogP contribution is 2.50. The van der Waals surface area contributed by atoms with Crippen LogP contribution in [-0.2, 0) is 9.59 Å². The number of para-hydroxylation sites is 1. The second kappa shape index (κ2) is 7.88. The van der Waals surface area contributed by atoms with Crippen molar-refractivity contribution in [2.24, 2.45) is 5.41 Å². The molecule has 0 fully saturated rings. The van der Waals surface area contributed by atoms with Gasteiger partial charge >= 0.3 is 0 Å². The van der Waals surface area contributed by atoms with Crippen molar-refractivity contribution in [3.63, 3.8) is 0 Å². The van der Waals surface area contributed by atoms with Gasteiger partial charge in [0, 0.05) is 41.3 Å². The number of Topliss-reactive ketones (excluding diaryl/α,β-unsaturated/α-hetero) is 1. The predicted molar refractivity (Wildman–Crippen MR) is 121 cm³/mol. The molecule has 4 rings (SSSR count). The molecule has 1 atom stereocenters. The summed E-state index contributed by atoms with van der Waals surface area (Å²) in [6.45, 7) is 6.18. The second-order valence-electron chi connectivity index (χ2n) is 9.21. The van der Waals surface area contributed by atoms with E-state index in [1.807, 2.05) is 49.4 Å². The molecule has 2 aromatic carbocycles. The Bertz CT molecular complexity index is 1080. The second-order valence-corrected chi connectivity index (χ2v) is 9.21. The average Bonchev–Trinajstić information content (AvgIpc) is 2.71. The normalized spacial score (nSPS) is 20.5. The Morgan fingerprint density at radius 3 is 2.42 bits per heavy atom. The highest BCUT2D eigenvalue weighted by molar-refractivity contribution is 6.08. The fourth-order valence-corrected chi connectivity index (χ4v) is 4.93. The van der Waals surface area contributed by atoms with Crippen molar-refractivity contribution < 1.29 is 19.1 Å². The van der Waals surface area contributed by atoms with Crippen LogP contribution in [0.15, 0.2) is 53.7 Å². The van der Waals surface area contributed by atoms with Gasteiger partial charge in [0.05, 0.1) is 14.2 Å². The Balaban J connectivity index is 1.94. The number of benzene rings is 2. The molecule has 1 unspecified atom stereocenters. The maximum atomic E-state index is 13.5. The van der Waals surface area contributed by atoms with Crippen molar-refractivity contribution >= 4 is 17.4 Å². The molecule has 5 heteroatoms. The third kappa shape index (κ3) is 3.73. The van der Waals surface area contributed by atoms with E-state index >= 15 is 0 Å². The number of carbonyl (C=O) groups excluding carboxylic acids is 2. The van der Waals surface area contributed by atoms with E-state index in [2.05, 4.69) is 13.8 Å².